The molecule has 1 amide bonds. The Kier molecular flexibility index (Phi) is 3.20. The van der Waals surface area contributed by atoms with Crippen molar-refractivity contribution in [2.45, 2.75) is 0 Å². The Morgan fingerprint density at radius 1 is 1.35 bits per heavy atom. The van der Waals surface area contributed by atoms with Crippen LogP contribution in [0.4, 0.5) is 5.69 Å². The Morgan fingerprint density at radius 3 is 2.88 bits per heavy atom. The molecule has 0 saturated carbocycles. The Balaban J connectivity index is 2.24. The molecule has 2 aromatic heterocycles. The summed E-state index contributed by atoms with van der Waals surface area (Å²) in [4.78, 5) is 19.4. The highest BCUT2D eigenvalue weighted by Crippen LogP contribution is 2.21. The smallest absolute Gasteiger partial charge is 0.278 e. The first-order valence-corrected chi connectivity index (χ1v) is 5.11. The Morgan fingerprint density at radius 2 is 2.18 bits per heavy atom. The van der Waals surface area contributed by atoms with E-state index in [4.69, 9.17) is 11.6 Å². The number of amides is 1. The van der Waals surface area contributed by atoms with E-state index in [0.29, 0.717) is 10.7 Å². The molecule has 2 aromatic rings. The van der Waals surface area contributed by atoms with Crippen LogP contribution < -0.4 is 5.32 Å². The molecule has 0 atom stereocenters. The third-order valence-electron chi connectivity index (χ3n) is 2.02. The maximum Gasteiger partial charge on any atom is 0.278 e. The van der Waals surface area contributed by atoms with Crippen LogP contribution in [-0.2, 0) is 0 Å². The van der Waals surface area contributed by atoms with E-state index in [-0.39, 0.29) is 11.4 Å². The summed E-state index contributed by atoms with van der Waals surface area (Å²) in [5.41, 5.74) is 0.302. The number of pyridine rings is 2. The molecule has 0 radical (unpaired) electrons. The standard InChI is InChI=1S/C11H8ClN3O2/c12-7-3-5-13-6-8(7)15-11(17)10-9(16)2-1-4-14-10/h1-6,16H,(H,15,17). The summed E-state index contributed by atoms with van der Waals surface area (Å²) in [6.45, 7) is 0. The molecule has 0 saturated heterocycles. The van der Waals surface area contributed by atoms with Crippen molar-refractivity contribution in [3.8, 4) is 5.75 Å². The lowest BCUT2D eigenvalue weighted by atomic mass is 10.3. The van der Waals surface area contributed by atoms with Gasteiger partial charge in [0.15, 0.2) is 5.69 Å². The van der Waals surface area contributed by atoms with Gasteiger partial charge in [0.25, 0.3) is 5.91 Å². The van der Waals surface area contributed by atoms with Gasteiger partial charge >= 0.3 is 0 Å². The molecular weight excluding hydrogens is 242 g/mol. The first-order chi connectivity index (χ1) is 8.18. The van der Waals surface area contributed by atoms with Gasteiger partial charge in [-0.15, -0.1) is 0 Å². The summed E-state index contributed by atoms with van der Waals surface area (Å²) in [6, 6.07) is 4.46. The Bertz CT molecular complexity index is 560. The van der Waals surface area contributed by atoms with E-state index in [9.17, 15) is 9.90 Å². The Labute approximate surface area is 102 Å². The fraction of sp³-hybridized carbons (Fsp3) is 0. The molecule has 86 valence electrons. The number of aromatic hydroxyl groups is 1. The highest BCUT2D eigenvalue weighted by Gasteiger charge is 2.13. The van der Waals surface area contributed by atoms with Crippen LogP contribution in [-0.4, -0.2) is 21.0 Å². The van der Waals surface area contributed by atoms with E-state index in [1.165, 1.54) is 30.7 Å². The molecule has 2 heterocycles. The molecule has 2 N–H and O–H groups in total. The molecule has 2 rings (SSSR count). The summed E-state index contributed by atoms with van der Waals surface area (Å²) < 4.78 is 0. The molecule has 6 heteroatoms. The zero-order chi connectivity index (χ0) is 12.3. The van der Waals surface area contributed by atoms with Crippen LogP contribution in [0.3, 0.4) is 0 Å². The molecule has 0 unspecified atom stereocenters. The fourth-order valence-corrected chi connectivity index (χ4v) is 1.38. The topological polar surface area (TPSA) is 75.1 Å². The van der Waals surface area contributed by atoms with Crippen molar-refractivity contribution in [2.75, 3.05) is 5.32 Å². The second kappa shape index (κ2) is 4.80. The second-order valence-corrected chi connectivity index (χ2v) is 3.59. The molecule has 0 aliphatic carbocycles. The fourth-order valence-electron chi connectivity index (χ4n) is 1.22. The number of nitrogens with zero attached hydrogens (tertiary/aromatic N) is 2. The van der Waals surface area contributed by atoms with E-state index in [1.807, 2.05) is 0 Å². The first kappa shape index (κ1) is 11.3. The highest BCUT2D eigenvalue weighted by atomic mass is 35.5. The average molecular weight is 250 g/mol. The summed E-state index contributed by atoms with van der Waals surface area (Å²) in [5.74, 6) is -0.733. The monoisotopic (exact) mass is 249 g/mol. The van der Waals surface area contributed by atoms with Gasteiger partial charge < -0.3 is 10.4 Å². The van der Waals surface area contributed by atoms with Crippen molar-refractivity contribution < 1.29 is 9.90 Å². The van der Waals surface area contributed by atoms with Gasteiger partial charge in [0.2, 0.25) is 0 Å². The van der Waals surface area contributed by atoms with Crippen molar-refractivity contribution in [2.24, 2.45) is 0 Å². The van der Waals surface area contributed by atoms with Crippen molar-refractivity contribution in [1.82, 2.24) is 9.97 Å². The Hall–Kier alpha value is -2.14. The number of rotatable bonds is 2. The van der Waals surface area contributed by atoms with Gasteiger partial charge in [0, 0.05) is 12.4 Å². The number of anilines is 1. The van der Waals surface area contributed by atoms with Crippen molar-refractivity contribution in [3.05, 3.63) is 47.5 Å². The molecule has 0 aliphatic heterocycles. The van der Waals surface area contributed by atoms with Gasteiger partial charge in [-0.1, -0.05) is 11.6 Å². The first-order valence-electron chi connectivity index (χ1n) is 4.73. The highest BCUT2D eigenvalue weighted by molar-refractivity contribution is 6.33. The van der Waals surface area contributed by atoms with Crippen LogP contribution in [0.25, 0.3) is 0 Å². The minimum Gasteiger partial charge on any atom is -0.505 e. The van der Waals surface area contributed by atoms with Gasteiger partial charge in [-0.25, -0.2) is 4.98 Å². The lowest BCUT2D eigenvalue weighted by Gasteiger charge is -2.06. The van der Waals surface area contributed by atoms with Gasteiger partial charge in [0.05, 0.1) is 16.9 Å². The van der Waals surface area contributed by atoms with Crippen molar-refractivity contribution in [3.63, 3.8) is 0 Å². The van der Waals surface area contributed by atoms with Crippen LogP contribution in [0.15, 0.2) is 36.8 Å². The van der Waals surface area contributed by atoms with E-state index in [0.717, 1.165) is 0 Å². The number of aromatic nitrogens is 2. The average Bonchev–Trinajstić information content (AvgIpc) is 2.32. The van der Waals surface area contributed by atoms with Crippen LogP contribution in [0.2, 0.25) is 5.02 Å². The van der Waals surface area contributed by atoms with Gasteiger partial charge in [-0.05, 0) is 18.2 Å². The van der Waals surface area contributed by atoms with Crippen molar-refractivity contribution >= 4 is 23.2 Å². The third kappa shape index (κ3) is 2.51. The number of carbonyl (C=O) groups excluding carboxylic acids is 1. The molecule has 0 aliphatic rings. The number of nitrogens with one attached hydrogen (secondary N) is 1. The minimum atomic E-state index is -0.544. The van der Waals surface area contributed by atoms with E-state index in [2.05, 4.69) is 15.3 Å². The molecule has 0 aromatic carbocycles. The maximum absolute atomic E-state index is 11.8. The van der Waals surface area contributed by atoms with Crippen molar-refractivity contribution in [1.29, 1.82) is 0 Å². The van der Waals surface area contributed by atoms with Gasteiger partial charge in [0.1, 0.15) is 5.75 Å². The molecule has 0 spiro atoms. The summed E-state index contributed by atoms with van der Waals surface area (Å²) in [7, 11) is 0. The minimum absolute atomic E-state index is 0.0626. The SMILES string of the molecule is O=C(Nc1cnccc1Cl)c1ncccc1O. The predicted molar refractivity (Wildman–Crippen MR) is 63.1 cm³/mol. The predicted octanol–water partition coefficient (Wildman–Crippen LogP) is 2.09. The molecular formula is C11H8ClN3O2. The lowest BCUT2D eigenvalue weighted by molar-refractivity contribution is 0.101. The molecule has 0 fully saturated rings. The molecule has 5 nitrogen and oxygen atoms in total. The lowest BCUT2D eigenvalue weighted by Crippen LogP contribution is -2.14. The second-order valence-electron chi connectivity index (χ2n) is 3.18. The number of hydrogen-bond acceptors (Lipinski definition) is 4. The third-order valence-corrected chi connectivity index (χ3v) is 2.35. The van der Waals surface area contributed by atoms with Gasteiger partial charge in [-0.2, -0.15) is 0 Å². The summed E-state index contributed by atoms with van der Waals surface area (Å²) in [6.07, 6.45) is 4.34. The van der Waals surface area contributed by atoms with Crippen LogP contribution in [0.5, 0.6) is 5.75 Å². The quantitative estimate of drug-likeness (QED) is 0.855. The summed E-state index contributed by atoms with van der Waals surface area (Å²) >= 11 is 5.86. The largest absolute Gasteiger partial charge is 0.505 e. The van der Waals surface area contributed by atoms with Crippen LogP contribution in [0, 0.1) is 0 Å². The maximum atomic E-state index is 11.8. The molecule has 0 bridgehead atoms. The zero-order valence-electron chi connectivity index (χ0n) is 8.59. The number of carbonyl (C=O) groups is 1. The van der Waals surface area contributed by atoms with E-state index in [1.54, 1.807) is 6.07 Å². The van der Waals surface area contributed by atoms with Crippen LogP contribution >= 0.6 is 11.6 Å². The summed E-state index contributed by atoms with van der Waals surface area (Å²) in [5, 5.41) is 12.3. The van der Waals surface area contributed by atoms with E-state index >= 15 is 0 Å². The van der Waals surface area contributed by atoms with E-state index < -0.39 is 5.91 Å². The van der Waals surface area contributed by atoms with Gasteiger partial charge in [-0.3, -0.25) is 9.78 Å². The van der Waals surface area contributed by atoms with Crippen LogP contribution in [0.1, 0.15) is 10.5 Å². The number of halogens is 1. The normalized spacial score (nSPS) is 9.94. The zero-order valence-corrected chi connectivity index (χ0v) is 9.35. The molecule has 17 heavy (non-hydrogen) atoms. The number of hydrogen-bond donors (Lipinski definition) is 2.